The predicted molar refractivity (Wildman–Crippen MR) is 72.3 cm³/mol. The number of fused-ring (bicyclic) bond motifs is 1. The molecule has 0 aliphatic heterocycles. The van der Waals surface area contributed by atoms with Gasteiger partial charge in [0.1, 0.15) is 0 Å². The molecule has 2 nitrogen and oxygen atoms in total. The number of hydrogen-bond donors (Lipinski definition) is 2. The normalized spacial score (nSPS) is 24.6. The Kier molecular flexibility index (Phi) is 2.48. The van der Waals surface area contributed by atoms with E-state index < -0.39 is 0 Å². The second-order valence-electron chi connectivity index (χ2n) is 5.45. The van der Waals surface area contributed by atoms with Gasteiger partial charge in [0.25, 0.3) is 0 Å². The fourth-order valence-electron chi connectivity index (χ4n) is 3.30. The molecule has 1 heterocycles. The van der Waals surface area contributed by atoms with Crippen LogP contribution in [0.25, 0.3) is 10.9 Å². The molecule has 0 spiro atoms. The van der Waals surface area contributed by atoms with E-state index in [-0.39, 0.29) is 0 Å². The van der Waals surface area contributed by atoms with Crippen molar-refractivity contribution >= 4 is 10.9 Å². The molecule has 0 bridgehead atoms. The van der Waals surface area contributed by atoms with Gasteiger partial charge in [-0.2, -0.15) is 0 Å². The highest BCUT2D eigenvalue weighted by atomic mass is 14.7. The highest BCUT2D eigenvalue weighted by Gasteiger charge is 2.27. The van der Waals surface area contributed by atoms with E-state index in [1.54, 1.807) is 0 Å². The van der Waals surface area contributed by atoms with E-state index >= 15 is 0 Å². The van der Waals surface area contributed by atoms with E-state index in [2.05, 4.69) is 37.2 Å². The maximum atomic E-state index is 6.22. The zero-order valence-electron chi connectivity index (χ0n) is 10.6. The zero-order chi connectivity index (χ0) is 12.0. The predicted octanol–water partition coefficient (Wildman–Crippen LogP) is 3.38. The summed E-state index contributed by atoms with van der Waals surface area (Å²) in [6.07, 6.45) is 5.85. The van der Waals surface area contributed by atoms with Gasteiger partial charge in [0, 0.05) is 29.1 Å². The van der Waals surface area contributed by atoms with Gasteiger partial charge >= 0.3 is 0 Å². The molecule has 0 saturated heterocycles. The van der Waals surface area contributed by atoms with Crippen LogP contribution in [-0.2, 0) is 0 Å². The summed E-state index contributed by atoms with van der Waals surface area (Å²) in [5.74, 6) is 0.546. The Morgan fingerprint density at radius 1 is 1.24 bits per heavy atom. The number of aromatic nitrogens is 1. The van der Waals surface area contributed by atoms with Gasteiger partial charge < -0.3 is 10.7 Å². The van der Waals surface area contributed by atoms with Crippen LogP contribution in [0.2, 0.25) is 0 Å². The molecule has 1 aromatic heterocycles. The summed E-state index contributed by atoms with van der Waals surface area (Å²) < 4.78 is 0. The quantitative estimate of drug-likeness (QED) is 0.772. The minimum atomic E-state index is 0.342. The number of benzene rings is 1. The Morgan fingerprint density at radius 2 is 2.06 bits per heavy atom. The number of rotatable bonds is 1. The molecule has 0 amide bonds. The van der Waals surface area contributed by atoms with E-state index in [0.717, 1.165) is 0 Å². The molecule has 90 valence electrons. The van der Waals surface area contributed by atoms with Crippen molar-refractivity contribution in [3.05, 3.63) is 35.0 Å². The van der Waals surface area contributed by atoms with Crippen LogP contribution in [0.5, 0.6) is 0 Å². The molecular formula is C15H20N2. The van der Waals surface area contributed by atoms with Crippen molar-refractivity contribution in [2.45, 2.75) is 45.1 Å². The van der Waals surface area contributed by atoms with Crippen LogP contribution in [0.3, 0.4) is 0 Å². The lowest BCUT2D eigenvalue weighted by Gasteiger charge is -2.14. The van der Waals surface area contributed by atoms with Crippen molar-refractivity contribution in [1.29, 1.82) is 0 Å². The summed E-state index contributed by atoms with van der Waals surface area (Å²) >= 11 is 0. The number of nitrogens with one attached hydrogen (secondary N) is 1. The van der Waals surface area contributed by atoms with E-state index in [9.17, 15) is 0 Å². The fraction of sp³-hybridized carbons (Fsp3) is 0.467. The van der Waals surface area contributed by atoms with Crippen LogP contribution in [0, 0.1) is 13.8 Å². The molecule has 1 aliphatic rings. The van der Waals surface area contributed by atoms with Crippen LogP contribution < -0.4 is 5.73 Å². The maximum absolute atomic E-state index is 6.22. The number of aryl methyl sites for hydroxylation is 2. The smallest absolute Gasteiger partial charge is 0.0486 e. The standard InChI is InChI=1S/C15H20N2/c1-9-6-10(2)15-12(7-9)13(8-17-15)11-4-3-5-14(11)16/h6-8,11,14,17H,3-5,16H2,1-2H3. The van der Waals surface area contributed by atoms with Crippen LogP contribution in [-0.4, -0.2) is 11.0 Å². The Balaban J connectivity index is 2.17. The molecule has 1 fully saturated rings. The monoisotopic (exact) mass is 228 g/mol. The van der Waals surface area contributed by atoms with Crippen molar-refractivity contribution in [2.75, 3.05) is 0 Å². The van der Waals surface area contributed by atoms with Gasteiger partial charge in [-0.05, 0) is 43.9 Å². The van der Waals surface area contributed by atoms with Gasteiger partial charge in [-0.3, -0.25) is 0 Å². The first-order valence-corrected chi connectivity index (χ1v) is 6.50. The van der Waals surface area contributed by atoms with Gasteiger partial charge in [0.15, 0.2) is 0 Å². The lowest BCUT2D eigenvalue weighted by atomic mass is 9.93. The summed E-state index contributed by atoms with van der Waals surface area (Å²) in [4.78, 5) is 3.43. The van der Waals surface area contributed by atoms with Gasteiger partial charge in [0.05, 0.1) is 0 Å². The molecule has 2 unspecified atom stereocenters. The molecule has 17 heavy (non-hydrogen) atoms. The van der Waals surface area contributed by atoms with Crippen molar-refractivity contribution < 1.29 is 0 Å². The molecular weight excluding hydrogens is 208 g/mol. The molecule has 2 heteroatoms. The molecule has 2 aromatic rings. The summed E-state index contributed by atoms with van der Waals surface area (Å²) in [6, 6.07) is 4.87. The van der Waals surface area contributed by atoms with Crippen molar-refractivity contribution in [2.24, 2.45) is 5.73 Å². The SMILES string of the molecule is Cc1cc(C)c2[nH]cc(C3CCCC3N)c2c1. The van der Waals surface area contributed by atoms with Crippen LogP contribution in [0.4, 0.5) is 0 Å². The molecule has 3 N–H and O–H groups in total. The lowest BCUT2D eigenvalue weighted by Crippen LogP contribution is -2.22. The first kappa shape index (κ1) is 10.8. The number of aromatic amines is 1. The van der Waals surface area contributed by atoms with Crippen LogP contribution in [0.1, 0.15) is 41.9 Å². The van der Waals surface area contributed by atoms with Crippen molar-refractivity contribution in [1.82, 2.24) is 4.98 Å². The molecule has 0 radical (unpaired) electrons. The second-order valence-corrected chi connectivity index (χ2v) is 5.45. The summed E-state index contributed by atoms with van der Waals surface area (Å²) in [5.41, 5.74) is 11.6. The molecule has 3 rings (SSSR count). The summed E-state index contributed by atoms with van der Waals surface area (Å²) in [6.45, 7) is 4.34. The number of H-pyrrole nitrogens is 1. The highest BCUT2D eigenvalue weighted by Crippen LogP contribution is 2.37. The van der Waals surface area contributed by atoms with Gasteiger partial charge in [-0.15, -0.1) is 0 Å². The minimum absolute atomic E-state index is 0.342. The number of hydrogen-bond acceptors (Lipinski definition) is 1. The Morgan fingerprint density at radius 3 is 2.76 bits per heavy atom. The largest absolute Gasteiger partial charge is 0.361 e. The first-order chi connectivity index (χ1) is 8.16. The van der Waals surface area contributed by atoms with Crippen molar-refractivity contribution in [3.63, 3.8) is 0 Å². The molecule has 1 aliphatic carbocycles. The van der Waals surface area contributed by atoms with Crippen LogP contribution >= 0.6 is 0 Å². The topological polar surface area (TPSA) is 41.8 Å². The third-order valence-corrected chi connectivity index (χ3v) is 4.13. The Hall–Kier alpha value is -1.28. The fourth-order valence-corrected chi connectivity index (χ4v) is 3.30. The summed E-state index contributed by atoms with van der Waals surface area (Å²) in [5, 5.41) is 1.38. The highest BCUT2D eigenvalue weighted by molar-refractivity contribution is 5.87. The average Bonchev–Trinajstić information content (AvgIpc) is 2.84. The molecule has 1 saturated carbocycles. The van der Waals surface area contributed by atoms with Gasteiger partial charge in [-0.1, -0.05) is 18.1 Å². The summed E-state index contributed by atoms with van der Waals surface area (Å²) in [7, 11) is 0. The zero-order valence-corrected chi connectivity index (χ0v) is 10.6. The van der Waals surface area contributed by atoms with E-state index in [1.165, 1.54) is 46.9 Å². The van der Waals surface area contributed by atoms with Gasteiger partial charge in [-0.25, -0.2) is 0 Å². The molecule has 2 atom stereocenters. The lowest BCUT2D eigenvalue weighted by molar-refractivity contribution is 0.616. The first-order valence-electron chi connectivity index (χ1n) is 6.50. The minimum Gasteiger partial charge on any atom is -0.361 e. The Bertz CT molecular complexity index is 553. The maximum Gasteiger partial charge on any atom is 0.0486 e. The number of nitrogens with two attached hydrogens (primary N) is 1. The third-order valence-electron chi connectivity index (χ3n) is 4.13. The van der Waals surface area contributed by atoms with Crippen LogP contribution in [0.15, 0.2) is 18.3 Å². The van der Waals surface area contributed by atoms with E-state index in [4.69, 9.17) is 5.73 Å². The van der Waals surface area contributed by atoms with Crippen molar-refractivity contribution in [3.8, 4) is 0 Å². The second kappa shape index (κ2) is 3.88. The van der Waals surface area contributed by atoms with E-state index in [0.29, 0.717) is 12.0 Å². The average molecular weight is 228 g/mol. The third kappa shape index (κ3) is 1.67. The van der Waals surface area contributed by atoms with E-state index in [1.807, 2.05) is 0 Å². The Labute approximate surface area is 102 Å². The molecule has 1 aromatic carbocycles. The van der Waals surface area contributed by atoms with Gasteiger partial charge in [0.2, 0.25) is 0 Å².